The Hall–Kier alpha value is -2.37. The van der Waals surface area contributed by atoms with Gasteiger partial charge in [-0.3, -0.25) is 14.5 Å². The van der Waals surface area contributed by atoms with Gasteiger partial charge in [-0.25, -0.2) is 0 Å². The van der Waals surface area contributed by atoms with Crippen LogP contribution in [-0.2, 0) is 6.42 Å². The van der Waals surface area contributed by atoms with Gasteiger partial charge in [0.2, 0.25) is 0 Å². The lowest BCUT2D eigenvalue weighted by Crippen LogP contribution is -2.47. The second-order valence-electron chi connectivity index (χ2n) is 8.80. The highest BCUT2D eigenvalue weighted by molar-refractivity contribution is 5.98. The van der Waals surface area contributed by atoms with Crippen LogP contribution in [0.3, 0.4) is 0 Å². The van der Waals surface area contributed by atoms with Crippen LogP contribution in [0.2, 0.25) is 0 Å². The fraction of sp³-hybridized carbons (Fsp3) is 0.440. The van der Waals surface area contributed by atoms with Gasteiger partial charge in [-0.2, -0.15) is 0 Å². The lowest BCUT2D eigenvalue weighted by Gasteiger charge is -2.37. The molecule has 2 aliphatic heterocycles. The number of hydrogen-bond acceptors (Lipinski definition) is 3. The maximum absolute atomic E-state index is 13.2. The number of halogens is 1. The van der Waals surface area contributed by atoms with Gasteiger partial charge in [-0.15, -0.1) is 12.4 Å². The molecule has 5 nitrogen and oxygen atoms in total. The molecule has 2 heterocycles. The zero-order valence-corrected chi connectivity index (χ0v) is 18.8. The van der Waals surface area contributed by atoms with Gasteiger partial charge < -0.3 is 10.2 Å². The highest BCUT2D eigenvalue weighted by Crippen LogP contribution is 2.32. The molecule has 1 aliphatic carbocycles. The number of carbonyl (C=O) groups is 2. The molecule has 1 N–H and O–H groups in total. The third-order valence-electron chi connectivity index (χ3n) is 7.15. The van der Waals surface area contributed by atoms with Crippen molar-refractivity contribution >= 4 is 24.2 Å². The molecule has 1 saturated heterocycles. The van der Waals surface area contributed by atoms with Crippen LogP contribution in [0.1, 0.15) is 52.0 Å². The molecule has 0 spiro atoms. The van der Waals surface area contributed by atoms with Crippen molar-refractivity contribution in [2.24, 2.45) is 0 Å². The van der Waals surface area contributed by atoms with Gasteiger partial charge in [-0.05, 0) is 60.6 Å². The minimum atomic E-state index is -0.0829. The van der Waals surface area contributed by atoms with Crippen molar-refractivity contribution in [3.8, 4) is 11.1 Å². The van der Waals surface area contributed by atoms with Crippen LogP contribution >= 0.6 is 12.4 Å². The first kappa shape index (κ1) is 21.8. The van der Waals surface area contributed by atoms with E-state index in [1.165, 1.54) is 19.3 Å². The SMILES string of the molecule is CNC(=O)c1ccc(-c2ccc3c(c2)CCN(C2CCN(C4CCC4)C2)C3=O)cc1.Cl. The minimum Gasteiger partial charge on any atom is -0.355 e. The minimum absolute atomic E-state index is 0. The third-order valence-corrected chi connectivity index (χ3v) is 7.15. The summed E-state index contributed by atoms with van der Waals surface area (Å²) in [5, 5.41) is 2.64. The van der Waals surface area contributed by atoms with Crippen LogP contribution in [0.4, 0.5) is 0 Å². The second kappa shape index (κ2) is 9.01. The summed E-state index contributed by atoms with van der Waals surface area (Å²) in [6.45, 7) is 2.99. The Bertz CT molecular complexity index is 971. The molecule has 0 radical (unpaired) electrons. The average molecular weight is 440 g/mol. The van der Waals surface area contributed by atoms with Crippen molar-refractivity contribution in [3.63, 3.8) is 0 Å². The predicted molar refractivity (Wildman–Crippen MR) is 125 cm³/mol. The van der Waals surface area contributed by atoms with E-state index in [9.17, 15) is 9.59 Å². The number of nitrogens with one attached hydrogen (secondary N) is 1. The standard InChI is InChI=1S/C25H29N3O2.ClH/c1-26-24(29)18-7-5-17(6-8-18)19-9-10-23-20(15-19)11-14-28(25(23)30)22-12-13-27(16-22)21-3-2-4-21;/h5-10,15,21-22H,2-4,11-14,16H2,1H3,(H,26,29);1H. The van der Waals surface area contributed by atoms with Gasteiger partial charge in [-0.1, -0.05) is 30.7 Å². The van der Waals surface area contributed by atoms with Gasteiger partial charge in [0.25, 0.3) is 11.8 Å². The van der Waals surface area contributed by atoms with Gasteiger partial charge >= 0.3 is 0 Å². The van der Waals surface area contributed by atoms with E-state index in [0.29, 0.717) is 11.6 Å². The predicted octanol–water partition coefficient (Wildman–Crippen LogP) is 3.76. The largest absolute Gasteiger partial charge is 0.355 e. The number of rotatable bonds is 4. The first-order valence-corrected chi connectivity index (χ1v) is 11.1. The Morgan fingerprint density at radius 2 is 1.71 bits per heavy atom. The first-order chi connectivity index (χ1) is 14.6. The molecule has 2 aromatic carbocycles. The van der Waals surface area contributed by atoms with Crippen molar-refractivity contribution in [2.75, 3.05) is 26.7 Å². The van der Waals surface area contributed by atoms with E-state index in [4.69, 9.17) is 0 Å². The van der Waals surface area contributed by atoms with Gasteiger partial charge in [0.05, 0.1) is 0 Å². The second-order valence-corrected chi connectivity index (χ2v) is 8.80. The summed E-state index contributed by atoms with van der Waals surface area (Å²) in [4.78, 5) is 29.7. The average Bonchev–Trinajstić information content (AvgIpc) is 3.21. The van der Waals surface area contributed by atoms with Crippen LogP contribution in [0.25, 0.3) is 11.1 Å². The molecule has 0 bridgehead atoms. The lowest BCUT2D eigenvalue weighted by atomic mass is 9.92. The van der Waals surface area contributed by atoms with Gasteiger partial charge in [0.1, 0.15) is 0 Å². The summed E-state index contributed by atoms with van der Waals surface area (Å²) in [6.07, 6.45) is 6.03. The maximum Gasteiger partial charge on any atom is 0.254 e. The quantitative estimate of drug-likeness (QED) is 0.789. The molecule has 0 aromatic heterocycles. The summed E-state index contributed by atoms with van der Waals surface area (Å²) in [5.41, 5.74) is 4.80. The van der Waals surface area contributed by atoms with E-state index in [2.05, 4.69) is 21.2 Å². The highest BCUT2D eigenvalue weighted by atomic mass is 35.5. The number of carbonyl (C=O) groups excluding carboxylic acids is 2. The van der Waals surface area contributed by atoms with E-state index in [0.717, 1.165) is 60.8 Å². The van der Waals surface area contributed by atoms with Gasteiger partial charge in [0, 0.05) is 49.9 Å². The molecule has 1 atom stereocenters. The molecule has 1 unspecified atom stereocenters. The van der Waals surface area contributed by atoms with Crippen LogP contribution < -0.4 is 5.32 Å². The Morgan fingerprint density at radius 3 is 2.39 bits per heavy atom. The van der Waals surface area contributed by atoms with Crippen molar-refractivity contribution in [1.29, 1.82) is 0 Å². The zero-order valence-electron chi connectivity index (χ0n) is 18.0. The number of hydrogen-bond donors (Lipinski definition) is 1. The maximum atomic E-state index is 13.2. The molecule has 31 heavy (non-hydrogen) atoms. The third kappa shape index (κ3) is 4.09. The first-order valence-electron chi connectivity index (χ1n) is 11.1. The number of amides is 2. The van der Waals surface area contributed by atoms with Gasteiger partial charge in [0.15, 0.2) is 0 Å². The summed E-state index contributed by atoms with van der Waals surface area (Å²) in [7, 11) is 1.64. The number of fused-ring (bicyclic) bond motifs is 1. The summed E-state index contributed by atoms with van der Waals surface area (Å²) in [5.74, 6) is 0.110. The molecule has 2 aromatic rings. The molecule has 164 valence electrons. The summed E-state index contributed by atoms with van der Waals surface area (Å²) in [6, 6.07) is 14.9. The monoisotopic (exact) mass is 439 g/mol. The normalized spacial score (nSPS) is 21.3. The molecule has 2 amide bonds. The number of likely N-dealkylation sites (tertiary alicyclic amines) is 1. The lowest BCUT2D eigenvalue weighted by molar-refractivity contribution is 0.0646. The Morgan fingerprint density at radius 1 is 0.968 bits per heavy atom. The van der Waals surface area contributed by atoms with E-state index in [-0.39, 0.29) is 24.2 Å². The molecule has 2 fully saturated rings. The highest BCUT2D eigenvalue weighted by Gasteiger charge is 2.37. The fourth-order valence-electron chi connectivity index (χ4n) is 5.10. The smallest absolute Gasteiger partial charge is 0.254 e. The van der Waals surface area contributed by atoms with Crippen molar-refractivity contribution in [3.05, 3.63) is 59.2 Å². The number of nitrogens with zero attached hydrogens (tertiary/aromatic N) is 2. The topological polar surface area (TPSA) is 52.7 Å². The molecule has 3 aliphatic rings. The van der Waals surface area contributed by atoms with Crippen molar-refractivity contribution < 1.29 is 9.59 Å². The van der Waals surface area contributed by atoms with Crippen LogP contribution in [0.15, 0.2) is 42.5 Å². The van der Waals surface area contributed by atoms with E-state index in [1.54, 1.807) is 7.05 Å². The number of benzene rings is 2. The van der Waals surface area contributed by atoms with E-state index >= 15 is 0 Å². The van der Waals surface area contributed by atoms with Crippen molar-refractivity contribution in [1.82, 2.24) is 15.1 Å². The molecule has 1 saturated carbocycles. The van der Waals surface area contributed by atoms with Crippen molar-refractivity contribution in [2.45, 2.75) is 44.2 Å². The summed E-state index contributed by atoms with van der Waals surface area (Å²) < 4.78 is 0. The molecule has 5 rings (SSSR count). The Balaban J connectivity index is 0.00000231. The molecular weight excluding hydrogens is 410 g/mol. The molecule has 6 heteroatoms. The Labute approximate surface area is 190 Å². The van der Waals surface area contributed by atoms with E-state index in [1.807, 2.05) is 36.4 Å². The summed E-state index contributed by atoms with van der Waals surface area (Å²) >= 11 is 0. The van der Waals surface area contributed by atoms with Crippen LogP contribution in [-0.4, -0.2) is 60.4 Å². The fourth-order valence-corrected chi connectivity index (χ4v) is 5.10. The van der Waals surface area contributed by atoms with Crippen LogP contribution in [0.5, 0.6) is 0 Å². The zero-order chi connectivity index (χ0) is 20.7. The van der Waals surface area contributed by atoms with Crippen LogP contribution in [0, 0.1) is 0 Å². The molecular formula is C25H30ClN3O2. The van der Waals surface area contributed by atoms with E-state index < -0.39 is 0 Å². The Kier molecular flexibility index (Phi) is 6.35.